The highest BCUT2D eigenvalue weighted by atomic mass is 35.5. The number of esters is 1. The van der Waals surface area contributed by atoms with Gasteiger partial charge in [0.25, 0.3) is 0 Å². The minimum atomic E-state index is -0.542. The second-order valence-electron chi connectivity index (χ2n) is 7.78. The van der Waals surface area contributed by atoms with E-state index in [1.807, 2.05) is 73.7 Å². The van der Waals surface area contributed by atoms with E-state index in [0.29, 0.717) is 27.2 Å². The maximum absolute atomic E-state index is 13.1. The Hall–Kier alpha value is -3.45. The molecule has 174 valence electrons. The van der Waals surface area contributed by atoms with Crippen LogP contribution >= 0.6 is 34.5 Å². The van der Waals surface area contributed by atoms with Gasteiger partial charge in [-0.1, -0.05) is 89.9 Å². The van der Waals surface area contributed by atoms with Crippen molar-refractivity contribution in [3.63, 3.8) is 0 Å². The van der Waals surface area contributed by atoms with Gasteiger partial charge in [-0.05, 0) is 30.2 Å². The summed E-state index contributed by atoms with van der Waals surface area (Å²) < 4.78 is 7.74. The molecule has 0 saturated heterocycles. The van der Waals surface area contributed by atoms with Crippen LogP contribution in [0.3, 0.4) is 0 Å². The smallest absolute Gasteiger partial charge is 0.374 e. The summed E-state index contributed by atoms with van der Waals surface area (Å²) in [6, 6.07) is 24.7. The van der Waals surface area contributed by atoms with Gasteiger partial charge in [0, 0.05) is 17.1 Å². The Morgan fingerprint density at radius 2 is 1.63 bits per heavy atom. The number of nitrogens with zero attached hydrogens (tertiary/aromatic N) is 3. The molecule has 2 aromatic heterocycles. The van der Waals surface area contributed by atoms with Gasteiger partial charge >= 0.3 is 5.97 Å². The molecule has 0 aliphatic carbocycles. The van der Waals surface area contributed by atoms with E-state index < -0.39 is 5.97 Å². The fourth-order valence-electron chi connectivity index (χ4n) is 3.81. The lowest BCUT2D eigenvalue weighted by atomic mass is 10.0. The van der Waals surface area contributed by atoms with Gasteiger partial charge in [0.15, 0.2) is 0 Å². The quantitative estimate of drug-likeness (QED) is 0.214. The Balaban J connectivity index is 1.74. The van der Waals surface area contributed by atoms with E-state index in [9.17, 15) is 4.79 Å². The molecule has 5 nitrogen and oxygen atoms in total. The summed E-state index contributed by atoms with van der Waals surface area (Å²) >= 11 is 13.7. The molecule has 0 bridgehead atoms. The molecule has 0 aliphatic heterocycles. The first kappa shape index (κ1) is 23.3. The van der Waals surface area contributed by atoms with Crippen LogP contribution in [0.15, 0.2) is 90.4 Å². The SMILES string of the molecule is CC(c1ccc(Cl)c(Cl)c1)n1nc(-c2ccccc2)c(-c2ccccc2)c1OC(=O)c1nccs1. The number of hydrogen-bond donors (Lipinski definition) is 0. The molecule has 0 aliphatic rings. The molecule has 0 N–H and O–H groups in total. The second kappa shape index (κ2) is 10.0. The number of carbonyl (C=O) groups is 1. The number of benzene rings is 3. The first-order valence-electron chi connectivity index (χ1n) is 10.8. The summed E-state index contributed by atoms with van der Waals surface area (Å²) in [7, 11) is 0. The zero-order valence-electron chi connectivity index (χ0n) is 18.6. The van der Waals surface area contributed by atoms with E-state index in [1.165, 1.54) is 11.3 Å². The molecule has 0 radical (unpaired) electrons. The topological polar surface area (TPSA) is 57.0 Å². The molecule has 0 fully saturated rings. The summed E-state index contributed by atoms with van der Waals surface area (Å²) in [6.07, 6.45) is 1.57. The molecule has 8 heteroatoms. The minimum absolute atomic E-state index is 0.264. The number of carbonyl (C=O) groups excluding carboxylic acids is 1. The van der Waals surface area contributed by atoms with Crippen LogP contribution in [0.2, 0.25) is 10.0 Å². The lowest BCUT2D eigenvalue weighted by Crippen LogP contribution is -2.16. The number of thiazole rings is 1. The van der Waals surface area contributed by atoms with Gasteiger partial charge in [0.2, 0.25) is 10.9 Å². The fourth-order valence-corrected chi connectivity index (χ4v) is 4.63. The van der Waals surface area contributed by atoms with Crippen molar-refractivity contribution in [1.29, 1.82) is 0 Å². The summed E-state index contributed by atoms with van der Waals surface area (Å²) in [5.41, 5.74) is 4.06. The standard InChI is InChI=1S/C27H19Cl2N3O2S/c1-17(20-12-13-21(28)22(29)16-20)32-26(34-27(33)25-30-14-15-35-25)23(18-8-4-2-5-9-18)24(31-32)19-10-6-3-7-11-19/h2-17H,1H3. The second-order valence-corrected chi connectivity index (χ2v) is 9.49. The van der Waals surface area contributed by atoms with Crippen LogP contribution in [-0.4, -0.2) is 20.7 Å². The van der Waals surface area contributed by atoms with Crippen LogP contribution in [0.1, 0.15) is 28.3 Å². The Kier molecular flexibility index (Phi) is 6.68. The van der Waals surface area contributed by atoms with E-state index in [1.54, 1.807) is 28.4 Å². The molecule has 5 rings (SSSR count). The maximum atomic E-state index is 13.1. The van der Waals surface area contributed by atoms with Crippen LogP contribution < -0.4 is 4.74 Å². The minimum Gasteiger partial charge on any atom is -0.402 e. The largest absolute Gasteiger partial charge is 0.402 e. The first-order valence-corrected chi connectivity index (χ1v) is 12.5. The lowest BCUT2D eigenvalue weighted by Gasteiger charge is -2.17. The number of rotatable bonds is 6. The van der Waals surface area contributed by atoms with Crippen molar-refractivity contribution in [3.05, 3.63) is 111 Å². The average molecular weight is 520 g/mol. The molecule has 3 aromatic carbocycles. The van der Waals surface area contributed by atoms with E-state index in [0.717, 1.165) is 16.7 Å². The zero-order chi connectivity index (χ0) is 24.4. The molecule has 1 atom stereocenters. The van der Waals surface area contributed by atoms with Crippen molar-refractivity contribution in [3.8, 4) is 28.3 Å². The molecule has 2 heterocycles. The van der Waals surface area contributed by atoms with Gasteiger partial charge in [0.1, 0.15) is 5.69 Å². The fraction of sp³-hybridized carbons (Fsp3) is 0.0741. The number of halogens is 2. The molecule has 0 spiro atoms. The molecular formula is C27H19Cl2N3O2S. The number of hydrogen-bond acceptors (Lipinski definition) is 5. The van der Waals surface area contributed by atoms with Crippen LogP contribution in [-0.2, 0) is 0 Å². The van der Waals surface area contributed by atoms with Crippen LogP contribution in [0.25, 0.3) is 22.4 Å². The van der Waals surface area contributed by atoms with E-state index in [2.05, 4.69) is 4.98 Å². The predicted molar refractivity (Wildman–Crippen MR) is 140 cm³/mol. The maximum Gasteiger partial charge on any atom is 0.374 e. The summed E-state index contributed by atoms with van der Waals surface area (Å²) in [5, 5.41) is 7.87. The Morgan fingerprint density at radius 1 is 0.943 bits per heavy atom. The van der Waals surface area contributed by atoms with Gasteiger partial charge in [-0.15, -0.1) is 11.3 Å². The highest BCUT2D eigenvalue weighted by Crippen LogP contribution is 2.42. The van der Waals surface area contributed by atoms with Crippen molar-refractivity contribution in [2.75, 3.05) is 0 Å². The predicted octanol–water partition coefficient (Wildman–Crippen LogP) is 7.81. The molecule has 0 saturated carbocycles. The normalized spacial score (nSPS) is 11.9. The van der Waals surface area contributed by atoms with Crippen molar-refractivity contribution in [2.45, 2.75) is 13.0 Å². The summed E-state index contributed by atoms with van der Waals surface area (Å²) in [5.74, 6) is -0.215. The molecular weight excluding hydrogens is 501 g/mol. The lowest BCUT2D eigenvalue weighted by molar-refractivity contribution is 0.0717. The monoisotopic (exact) mass is 519 g/mol. The van der Waals surface area contributed by atoms with Gasteiger partial charge in [-0.25, -0.2) is 14.5 Å². The molecule has 35 heavy (non-hydrogen) atoms. The van der Waals surface area contributed by atoms with Gasteiger partial charge in [0.05, 0.1) is 21.7 Å². The van der Waals surface area contributed by atoms with Crippen LogP contribution in [0.5, 0.6) is 5.88 Å². The molecule has 0 amide bonds. The van der Waals surface area contributed by atoms with Crippen LogP contribution in [0.4, 0.5) is 0 Å². The number of ether oxygens (including phenoxy) is 1. The van der Waals surface area contributed by atoms with E-state index in [-0.39, 0.29) is 11.0 Å². The molecule has 1 unspecified atom stereocenters. The summed E-state index contributed by atoms with van der Waals surface area (Å²) in [6.45, 7) is 1.97. The Bertz CT molecular complexity index is 1470. The van der Waals surface area contributed by atoms with Crippen molar-refractivity contribution >= 4 is 40.5 Å². The zero-order valence-corrected chi connectivity index (χ0v) is 20.9. The highest BCUT2D eigenvalue weighted by Gasteiger charge is 2.28. The van der Waals surface area contributed by atoms with Crippen LogP contribution in [0, 0.1) is 0 Å². The molecule has 5 aromatic rings. The van der Waals surface area contributed by atoms with Crippen molar-refractivity contribution in [2.24, 2.45) is 0 Å². The van der Waals surface area contributed by atoms with E-state index in [4.69, 9.17) is 33.0 Å². The third kappa shape index (κ3) is 4.73. The van der Waals surface area contributed by atoms with Gasteiger partial charge in [-0.2, -0.15) is 5.10 Å². The first-order chi connectivity index (χ1) is 17.0. The van der Waals surface area contributed by atoms with E-state index >= 15 is 0 Å². The third-order valence-electron chi connectivity index (χ3n) is 5.57. The van der Waals surface area contributed by atoms with Crippen molar-refractivity contribution in [1.82, 2.24) is 14.8 Å². The highest BCUT2D eigenvalue weighted by molar-refractivity contribution is 7.11. The summed E-state index contributed by atoms with van der Waals surface area (Å²) in [4.78, 5) is 17.2. The van der Waals surface area contributed by atoms with Crippen molar-refractivity contribution < 1.29 is 9.53 Å². The Morgan fingerprint density at radius 3 is 2.26 bits per heavy atom. The number of aromatic nitrogens is 3. The third-order valence-corrected chi connectivity index (χ3v) is 7.06. The Labute approximate surface area is 216 Å². The van der Waals surface area contributed by atoms with Gasteiger partial charge < -0.3 is 4.74 Å². The average Bonchev–Trinajstić information content (AvgIpc) is 3.55. The van der Waals surface area contributed by atoms with Gasteiger partial charge in [-0.3, -0.25) is 0 Å².